The number of carboxylic acids is 1. The van der Waals surface area contributed by atoms with Gasteiger partial charge in [0.05, 0.1) is 30.5 Å². The Morgan fingerprint density at radius 1 is 1.43 bits per heavy atom. The summed E-state index contributed by atoms with van der Waals surface area (Å²) in [5.74, 6) is -1.05. The highest BCUT2D eigenvalue weighted by atomic mass is 16.5. The summed E-state index contributed by atoms with van der Waals surface area (Å²) in [6.45, 7) is 3.93. The second kappa shape index (κ2) is 5.65. The van der Waals surface area contributed by atoms with Gasteiger partial charge in [-0.25, -0.2) is 4.79 Å². The minimum absolute atomic E-state index is 0.00838. The molecule has 6 heteroatoms. The average Bonchev–Trinajstić information content (AvgIpc) is 2.53. The van der Waals surface area contributed by atoms with Gasteiger partial charge in [-0.2, -0.15) is 0 Å². The summed E-state index contributed by atoms with van der Waals surface area (Å²) in [6, 6.07) is 7.66. The van der Waals surface area contributed by atoms with Crippen LogP contribution in [0.5, 0.6) is 0 Å². The molecule has 1 aliphatic rings. The number of anilines is 1. The van der Waals surface area contributed by atoms with Crippen LogP contribution in [0.15, 0.2) is 24.3 Å². The molecule has 6 nitrogen and oxygen atoms in total. The maximum absolute atomic E-state index is 11.5. The van der Waals surface area contributed by atoms with Gasteiger partial charge in [0.2, 0.25) is 0 Å². The molecule has 2 aromatic rings. The van der Waals surface area contributed by atoms with Crippen molar-refractivity contribution in [3.05, 3.63) is 30.0 Å². The van der Waals surface area contributed by atoms with Crippen LogP contribution in [-0.2, 0) is 4.74 Å². The normalized spacial score (nSPS) is 18.9. The number of hydrogen-bond donors (Lipinski definition) is 1. The molecule has 0 radical (unpaired) electrons. The second-order valence-corrected chi connectivity index (χ2v) is 5.05. The lowest BCUT2D eigenvalue weighted by Gasteiger charge is -2.37. The van der Waals surface area contributed by atoms with Crippen molar-refractivity contribution >= 4 is 22.6 Å². The molecule has 0 bridgehead atoms. The van der Waals surface area contributed by atoms with Gasteiger partial charge in [0.15, 0.2) is 5.69 Å². The van der Waals surface area contributed by atoms with Crippen molar-refractivity contribution < 1.29 is 14.6 Å². The number of ether oxygens (including phenoxy) is 1. The Morgan fingerprint density at radius 3 is 3.00 bits per heavy atom. The van der Waals surface area contributed by atoms with Gasteiger partial charge in [0.25, 0.3) is 0 Å². The number of aromatic carboxylic acids is 1. The van der Waals surface area contributed by atoms with Crippen LogP contribution < -0.4 is 4.90 Å². The van der Waals surface area contributed by atoms with Crippen molar-refractivity contribution in [3.63, 3.8) is 0 Å². The molecule has 0 amide bonds. The van der Waals surface area contributed by atoms with Crippen LogP contribution in [0.3, 0.4) is 0 Å². The Morgan fingerprint density at radius 2 is 2.24 bits per heavy atom. The molecule has 0 aliphatic carbocycles. The summed E-state index contributed by atoms with van der Waals surface area (Å²) >= 11 is 0. The number of fused-ring (bicyclic) bond motifs is 1. The van der Waals surface area contributed by atoms with Crippen LogP contribution in [0.25, 0.3) is 10.9 Å². The van der Waals surface area contributed by atoms with E-state index in [2.05, 4.69) is 22.0 Å². The van der Waals surface area contributed by atoms with Crippen molar-refractivity contribution in [1.29, 1.82) is 0 Å². The number of hydrogen-bond acceptors (Lipinski definition) is 5. The smallest absolute Gasteiger partial charge is 0.358 e. The fourth-order valence-electron chi connectivity index (χ4n) is 2.76. The van der Waals surface area contributed by atoms with Crippen molar-refractivity contribution in [2.75, 3.05) is 24.7 Å². The van der Waals surface area contributed by atoms with Crippen molar-refractivity contribution in [2.45, 2.75) is 19.4 Å². The lowest BCUT2D eigenvalue weighted by atomic mass is 10.1. The van der Waals surface area contributed by atoms with E-state index in [1.54, 1.807) is 0 Å². The maximum atomic E-state index is 11.5. The first-order valence-corrected chi connectivity index (χ1v) is 7.05. The van der Waals surface area contributed by atoms with Gasteiger partial charge in [-0.3, -0.25) is 0 Å². The number of carboxylic acid groups (broad SMARTS) is 1. The van der Waals surface area contributed by atoms with Gasteiger partial charge in [-0.1, -0.05) is 25.1 Å². The van der Waals surface area contributed by atoms with E-state index >= 15 is 0 Å². The van der Waals surface area contributed by atoms with Crippen molar-refractivity contribution in [2.24, 2.45) is 0 Å². The number of benzene rings is 1. The van der Waals surface area contributed by atoms with E-state index < -0.39 is 5.97 Å². The van der Waals surface area contributed by atoms with E-state index in [0.717, 1.165) is 11.8 Å². The first-order valence-electron chi connectivity index (χ1n) is 7.05. The third kappa shape index (κ3) is 2.42. The van der Waals surface area contributed by atoms with Gasteiger partial charge in [-0.15, -0.1) is 10.2 Å². The van der Waals surface area contributed by atoms with Crippen molar-refractivity contribution in [3.8, 4) is 0 Å². The molecule has 1 aromatic heterocycles. The molecule has 0 spiro atoms. The zero-order valence-electron chi connectivity index (χ0n) is 11.8. The first-order chi connectivity index (χ1) is 10.2. The molecule has 110 valence electrons. The predicted molar refractivity (Wildman–Crippen MR) is 78.7 cm³/mol. The van der Waals surface area contributed by atoms with Gasteiger partial charge < -0.3 is 14.7 Å². The van der Waals surface area contributed by atoms with Gasteiger partial charge in [0, 0.05) is 11.9 Å². The van der Waals surface area contributed by atoms with Crippen LogP contribution in [0.2, 0.25) is 0 Å². The number of carbonyl (C=O) groups is 1. The van der Waals surface area contributed by atoms with E-state index in [1.807, 2.05) is 24.3 Å². The Hall–Kier alpha value is -2.21. The molecule has 21 heavy (non-hydrogen) atoms. The third-order valence-electron chi connectivity index (χ3n) is 3.83. The number of aromatic nitrogens is 2. The van der Waals surface area contributed by atoms with Crippen LogP contribution in [0.4, 0.5) is 5.69 Å². The quantitative estimate of drug-likeness (QED) is 0.929. The predicted octanol–water partition coefficient (Wildman–Crippen LogP) is 1.94. The molecule has 1 N–H and O–H groups in total. The first kappa shape index (κ1) is 13.8. The zero-order valence-corrected chi connectivity index (χ0v) is 11.8. The fourth-order valence-corrected chi connectivity index (χ4v) is 2.76. The van der Waals surface area contributed by atoms with Crippen LogP contribution in [0, 0.1) is 0 Å². The van der Waals surface area contributed by atoms with E-state index in [9.17, 15) is 9.90 Å². The monoisotopic (exact) mass is 287 g/mol. The summed E-state index contributed by atoms with van der Waals surface area (Å²) in [4.78, 5) is 13.6. The molecule has 1 atom stereocenters. The molecule has 0 saturated carbocycles. The van der Waals surface area contributed by atoms with E-state index in [1.165, 1.54) is 0 Å². The molecule has 1 unspecified atom stereocenters. The number of nitrogens with zero attached hydrogens (tertiary/aromatic N) is 3. The van der Waals surface area contributed by atoms with Gasteiger partial charge >= 0.3 is 5.97 Å². The zero-order chi connectivity index (χ0) is 14.8. The molecule has 1 aromatic carbocycles. The summed E-state index contributed by atoms with van der Waals surface area (Å²) in [5, 5.41) is 18.2. The highest BCUT2D eigenvalue weighted by Gasteiger charge is 2.28. The summed E-state index contributed by atoms with van der Waals surface area (Å²) < 4.78 is 5.51. The standard InChI is InChI=1S/C15H17N3O3/c1-2-10-9-21-8-7-18(10)14-11-5-3-4-6-12(11)16-17-13(14)15(19)20/h3-6,10H,2,7-9H2,1H3,(H,19,20). The van der Waals surface area contributed by atoms with Crippen molar-refractivity contribution in [1.82, 2.24) is 10.2 Å². The maximum Gasteiger partial charge on any atom is 0.358 e. The average molecular weight is 287 g/mol. The van der Waals surface area contributed by atoms with E-state index in [-0.39, 0.29) is 11.7 Å². The minimum atomic E-state index is -1.05. The minimum Gasteiger partial charge on any atom is -0.476 e. The molecule has 1 saturated heterocycles. The molecule has 3 rings (SSSR count). The summed E-state index contributed by atoms with van der Waals surface area (Å²) in [7, 11) is 0. The Labute approximate surface area is 122 Å². The summed E-state index contributed by atoms with van der Waals surface area (Å²) in [5.41, 5.74) is 1.37. The molecular weight excluding hydrogens is 270 g/mol. The van der Waals surface area contributed by atoms with E-state index in [0.29, 0.717) is 31.0 Å². The van der Waals surface area contributed by atoms with Crippen LogP contribution in [-0.4, -0.2) is 47.1 Å². The molecule has 1 fully saturated rings. The lowest BCUT2D eigenvalue weighted by molar-refractivity contribution is 0.0686. The highest BCUT2D eigenvalue weighted by molar-refractivity contribution is 6.02. The lowest BCUT2D eigenvalue weighted by Crippen LogP contribution is -2.46. The highest BCUT2D eigenvalue weighted by Crippen LogP contribution is 2.31. The van der Waals surface area contributed by atoms with Gasteiger partial charge in [-0.05, 0) is 12.5 Å². The Kier molecular flexibility index (Phi) is 3.70. The Bertz CT molecular complexity index is 674. The number of rotatable bonds is 3. The topological polar surface area (TPSA) is 75.5 Å². The third-order valence-corrected chi connectivity index (χ3v) is 3.83. The van der Waals surface area contributed by atoms with Crippen LogP contribution >= 0.6 is 0 Å². The molecule has 2 heterocycles. The largest absolute Gasteiger partial charge is 0.476 e. The molecule has 1 aliphatic heterocycles. The van der Waals surface area contributed by atoms with Crippen LogP contribution in [0.1, 0.15) is 23.8 Å². The number of morpholine rings is 1. The Balaban J connectivity index is 2.22. The SMILES string of the molecule is CCC1COCCN1c1c(C(=O)O)nnc2ccccc12. The van der Waals surface area contributed by atoms with Gasteiger partial charge in [0.1, 0.15) is 0 Å². The molecular formula is C15H17N3O3. The second-order valence-electron chi connectivity index (χ2n) is 5.05. The summed E-state index contributed by atoms with van der Waals surface area (Å²) in [6.07, 6.45) is 0.885. The fraction of sp³-hybridized carbons (Fsp3) is 0.400. The van der Waals surface area contributed by atoms with E-state index in [4.69, 9.17) is 4.74 Å².